The third kappa shape index (κ3) is 6.08. The molecule has 0 aliphatic carbocycles. The van der Waals surface area contributed by atoms with E-state index in [0.717, 1.165) is 13.1 Å². The van der Waals surface area contributed by atoms with Crippen LogP contribution in [0.3, 0.4) is 0 Å². The third-order valence-electron chi connectivity index (χ3n) is 2.73. The van der Waals surface area contributed by atoms with Crippen molar-refractivity contribution in [3.63, 3.8) is 0 Å². The minimum absolute atomic E-state index is 0.0900. The van der Waals surface area contributed by atoms with Crippen LogP contribution in [0.25, 0.3) is 0 Å². The van der Waals surface area contributed by atoms with Crippen LogP contribution in [0.15, 0.2) is 0 Å². The fourth-order valence-corrected chi connectivity index (χ4v) is 1.38. The van der Waals surface area contributed by atoms with Crippen molar-refractivity contribution in [1.29, 1.82) is 0 Å². The van der Waals surface area contributed by atoms with Crippen LogP contribution in [-0.2, 0) is 4.79 Å². The number of hydrogen-bond donors (Lipinski definition) is 2. The van der Waals surface area contributed by atoms with Crippen LogP contribution in [0.1, 0.15) is 27.7 Å². The lowest BCUT2D eigenvalue weighted by Gasteiger charge is -2.26. The van der Waals surface area contributed by atoms with Crippen molar-refractivity contribution in [2.45, 2.75) is 33.7 Å². The lowest BCUT2D eigenvalue weighted by molar-refractivity contribution is -0.125. The zero-order chi connectivity index (χ0) is 12.7. The molecule has 0 fully saturated rings. The first-order valence-electron chi connectivity index (χ1n) is 6.06. The van der Waals surface area contributed by atoms with Crippen LogP contribution in [0.5, 0.6) is 0 Å². The van der Waals surface area contributed by atoms with E-state index >= 15 is 0 Å². The fraction of sp³-hybridized carbons (Fsp3) is 0.917. The summed E-state index contributed by atoms with van der Waals surface area (Å²) >= 11 is 0. The highest BCUT2D eigenvalue weighted by Crippen LogP contribution is 2.01. The number of carbonyl (C=O) groups is 1. The summed E-state index contributed by atoms with van der Waals surface area (Å²) in [7, 11) is 1.96. The van der Waals surface area contributed by atoms with Gasteiger partial charge in [0.15, 0.2) is 0 Å². The largest absolute Gasteiger partial charge is 0.354 e. The molecule has 0 aromatic carbocycles. The summed E-state index contributed by atoms with van der Waals surface area (Å²) in [5, 5.41) is 2.94. The Hall–Kier alpha value is -0.610. The van der Waals surface area contributed by atoms with Gasteiger partial charge in [-0.25, -0.2) is 0 Å². The van der Waals surface area contributed by atoms with Gasteiger partial charge in [0.25, 0.3) is 0 Å². The van der Waals surface area contributed by atoms with Crippen molar-refractivity contribution in [1.82, 2.24) is 10.2 Å². The Morgan fingerprint density at radius 3 is 2.31 bits per heavy atom. The summed E-state index contributed by atoms with van der Waals surface area (Å²) in [6.07, 6.45) is 0. The van der Waals surface area contributed by atoms with Crippen molar-refractivity contribution in [3.8, 4) is 0 Å². The van der Waals surface area contributed by atoms with E-state index in [4.69, 9.17) is 5.73 Å². The predicted octanol–water partition coefficient (Wildman–Crippen LogP) is 0.674. The average molecular weight is 229 g/mol. The molecule has 4 heteroatoms. The van der Waals surface area contributed by atoms with Crippen molar-refractivity contribution < 1.29 is 4.79 Å². The van der Waals surface area contributed by atoms with E-state index in [9.17, 15) is 4.79 Å². The first kappa shape index (κ1) is 15.4. The minimum atomic E-state index is -0.0900. The van der Waals surface area contributed by atoms with Gasteiger partial charge >= 0.3 is 0 Å². The Labute approximate surface area is 99.6 Å². The Morgan fingerprint density at radius 1 is 1.31 bits per heavy atom. The maximum Gasteiger partial charge on any atom is 0.237 e. The number of likely N-dealkylation sites (N-methyl/N-ethyl adjacent to an activating group) is 1. The van der Waals surface area contributed by atoms with Crippen molar-refractivity contribution in [3.05, 3.63) is 0 Å². The average Bonchev–Trinajstić information content (AvgIpc) is 2.24. The monoisotopic (exact) mass is 229 g/mol. The van der Waals surface area contributed by atoms with Gasteiger partial charge in [-0.15, -0.1) is 0 Å². The highest BCUT2D eigenvalue weighted by atomic mass is 16.2. The number of rotatable bonds is 7. The molecule has 2 atom stereocenters. The lowest BCUT2D eigenvalue weighted by atomic mass is 10.1. The van der Waals surface area contributed by atoms with Crippen molar-refractivity contribution in [2.75, 3.05) is 26.7 Å². The van der Waals surface area contributed by atoms with E-state index in [1.165, 1.54) is 0 Å². The molecule has 2 unspecified atom stereocenters. The first-order chi connectivity index (χ1) is 7.38. The van der Waals surface area contributed by atoms with Gasteiger partial charge in [0.05, 0.1) is 6.04 Å². The summed E-state index contributed by atoms with van der Waals surface area (Å²) in [6.45, 7) is 10.4. The summed E-state index contributed by atoms with van der Waals surface area (Å²) in [5.41, 5.74) is 5.57. The maximum absolute atomic E-state index is 11.8. The summed E-state index contributed by atoms with van der Waals surface area (Å²) < 4.78 is 0. The predicted molar refractivity (Wildman–Crippen MR) is 68.2 cm³/mol. The third-order valence-corrected chi connectivity index (χ3v) is 2.73. The van der Waals surface area contributed by atoms with E-state index in [1.807, 2.05) is 18.9 Å². The number of nitrogens with two attached hydrogens (primary N) is 1. The molecule has 0 rings (SSSR count). The second-order valence-corrected chi connectivity index (χ2v) is 5.10. The molecule has 0 aliphatic rings. The second kappa shape index (κ2) is 7.63. The van der Waals surface area contributed by atoms with Gasteiger partial charge < -0.3 is 11.1 Å². The van der Waals surface area contributed by atoms with Gasteiger partial charge in [-0.1, -0.05) is 20.8 Å². The van der Waals surface area contributed by atoms with Crippen LogP contribution in [-0.4, -0.2) is 43.5 Å². The van der Waals surface area contributed by atoms with E-state index in [1.54, 1.807) is 0 Å². The Bertz CT molecular complexity index is 206. The van der Waals surface area contributed by atoms with Gasteiger partial charge in [0, 0.05) is 13.1 Å². The molecule has 0 bridgehead atoms. The lowest BCUT2D eigenvalue weighted by Crippen LogP contribution is -2.46. The highest BCUT2D eigenvalue weighted by molar-refractivity contribution is 5.81. The topological polar surface area (TPSA) is 58.4 Å². The van der Waals surface area contributed by atoms with Crippen LogP contribution in [0, 0.1) is 11.8 Å². The molecule has 0 spiro atoms. The van der Waals surface area contributed by atoms with Gasteiger partial charge in [-0.05, 0) is 32.4 Å². The Balaban J connectivity index is 4.01. The van der Waals surface area contributed by atoms with E-state index in [-0.39, 0.29) is 11.9 Å². The summed E-state index contributed by atoms with van der Waals surface area (Å²) in [5.74, 6) is 1.01. The molecule has 0 saturated carbocycles. The van der Waals surface area contributed by atoms with Crippen molar-refractivity contribution in [2.24, 2.45) is 17.6 Å². The number of nitrogens with zero attached hydrogens (tertiary/aromatic N) is 1. The van der Waals surface area contributed by atoms with Crippen LogP contribution < -0.4 is 11.1 Å². The molecule has 0 aliphatic heterocycles. The van der Waals surface area contributed by atoms with Crippen LogP contribution in [0.2, 0.25) is 0 Å². The zero-order valence-corrected chi connectivity index (χ0v) is 11.3. The van der Waals surface area contributed by atoms with Crippen LogP contribution in [0.4, 0.5) is 0 Å². The van der Waals surface area contributed by atoms with E-state index in [2.05, 4.69) is 26.1 Å². The number of amides is 1. The zero-order valence-electron chi connectivity index (χ0n) is 11.3. The molecule has 3 N–H and O–H groups in total. The molecule has 16 heavy (non-hydrogen) atoms. The molecular formula is C12H27N3O. The molecule has 96 valence electrons. The quantitative estimate of drug-likeness (QED) is 0.675. The van der Waals surface area contributed by atoms with Crippen LogP contribution >= 0.6 is 0 Å². The normalized spacial score (nSPS) is 15.2. The summed E-state index contributed by atoms with van der Waals surface area (Å²) in [4.78, 5) is 13.8. The highest BCUT2D eigenvalue weighted by Gasteiger charge is 2.18. The SMILES string of the molecule is CC(C)CNC(=O)C(C)N(C)CC(C)CN. The smallest absolute Gasteiger partial charge is 0.237 e. The standard InChI is InChI=1S/C12H27N3O/c1-9(2)7-14-12(16)11(4)15(5)8-10(3)6-13/h9-11H,6-8,13H2,1-5H3,(H,14,16). The number of nitrogens with one attached hydrogen (secondary N) is 1. The Morgan fingerprint density at radius 2 is 1.88 bits per heavy atom. The molecule has 1 amide bonds. The molecule has 0 aromatic heterocycles. The minimum Gasteiger partial charge on any atom is -0.354 e. The fourth-order valence-electron chi connectivity index (χ4n) is 1.38. The molecule has 0 radical (unpaired) electrons. The van der Waals surface area contributed by atoms with E-state index in [0.29, 0.717) is 18.4 Å². The molecular weight excluding hydrogens is 202 g/mol. The van der Waals surface area contributed by atoms with Gasteiger partial charge in [-0.2, -0.15) is 0 Å². The van der Waals surface area contributed by atoms with Gasteiger partial charge in [0.1, 0.15) is 0 Å². The molecule has 4 nitrogen and oxygen atoms in total. The Kier molecular flexibility index (Phi) is 7.34. The number of carbonyl (C=O) groups excluding carboxylic acids is 1. The maximum atomic E-state index is 11.8. The summed E-state index contributed by atoms with van der Waals surface area (Å²) in [6, 6.07) is -0.0900. The second-order valence-electron chi connectivity index (χ2n) is 5.10. The number of hydrogen-bond acceptors (Lipinski definition) is 3. The first-order valence-corrected chi connectivity index (χ1v) is 6.06. The van der Waals surface area contributed by atoms with E-state index < -0.39 is 0 Å². The van der Waals surface area contributed by atoms with Gasteiger partial charge in [0.2, 0.25) is 5.91 Å². The molecule has 0 heterocycles. The van der Waals surface area contributed by atoms with Crippen molar-refractivity contribution >= 4 is 5.91 Å². The molecule has 0 aromatic rings. The van der Waals surface area contributed by atoms with Gasteiger partial charge in [-0.3, -0.25) is 9.69 Å². The molecule has 0 saturated heterocycles.